The number of carbonyl (C=O) groups is 3. The number of rotatable bonds is 10. The van der Waals surface area contributed by atoms with E-state index in [-0.39, 0.29) is 49.2 Å². The van der Waals surface area contributed by atoms with Gasteiger partial charge in [-0.3, -0.25) is 9.59 Å². The number of nitrogens with zero attached hydrogens (tertiary/aromatic N) is 6. The fraction of sp³-hybridized carbons (Fsp3) is 0.583. The Bertz CT molecular complexity index is 1510. The maximum Gasteiger partial charge on any atom is 0.410 e. The van der Waals surface area contributed by atoms with E-state index in [0.29, 0.717) is 50.7 Å². The Kier molecular flexibility index (Phi) is 11.8. The number of carbonyl (C=O) groups excluding carboxylic acids is 3. The van der Waals surface area contributed by atoms with Crippen LogP contribution in [0.1, 0.15) is 63.6 Å². The highest BCUT2D eigenvalue weighted by atomic mass is 16.6. The normalized spacial score (nSPS) is 21.4. The molecule has 13 heteroatoms. The summed E-state index contributed by atoms with van der Waals surface area (Å²) in [7, 11) is 1.65. The molecule has 3 aliphatic rings. The van der Waals surface area contributed by atoms with Crippen LogP contribution in [0.4, 0.5) is 4.79 Å². The Morgan fingerprint density at radius 1 is 1.06 bits per heavy atom. The van der Waals surface area contributed by atoms with E-state index in [1.807, 2.05) is 83.2 Å². The second kappa shape index (κ2) is 16.0. The van der Waals surface area contributed by atoms with Gasteiger partial charge in [0.05, 0.1) is 37.0 Å². The largest absolute Gasteiger partial charge is 0.487 e. The lowest BCUT2D eigenvalue weighted by Crippen LogP contribution is -2.58. The van der Waals surface area contributed by atoms with Crippen molar-refractivity contribution in [2.24, 2.45) is 11.8 Å². The zero-order valence-corrected chi connectivity index (χ0v) is 29.5. The molecule has 3 amide bonds. The monoisotopic (exact) mass is 678 g/mol. The van der Waals surface area contributed by atoms with E-state index in [9.17, 15) is 14.4 Å². The zero-order valence-electron chi connectivity index (χ0n) is 29.5. The Balaban J connectivity index is 1.48. The Labute approximate surface area is 288 Å². The van der Waals surface area contributed by atoms with Crippen LogP contribution >= 0.6 is 0 Å². The van der Waals surface area contributed by atoms with E-state index in [4.69, 9.17) is 18.9 Å². The van der Waals surface area contributed by atoms with Crippen molar-refractivity contribution in [1.82, 2.24) is 29.7 Å². The van der Waals surface area contributed by atoms with Gasteiger partial charge >= 0.3 is 6.09 Å². The summed E-state index contributed by atoms with van der Waals surface area (Å²) < 4.78 is 24.6. The van der Waals surface area contributed by atoms with Crippen molar-refractivity contribution in [3.8, 4) is 5.69 Å². The molecule has 0 saturated carbocycles. The second-order valence-corrected chi connectivity index (χ2v) is 14.2. The van der Waals surface area contributed by atoms with E-state index in [2.05, 4.69) is 10.3 Å². The summed E-state index contributed by atoms with van der Waals surface area (Å²) in [4.78, 5) is 47.2. The molecule has 2 saturated heterocycles. The average Bonchev–Trinajstić information content (AvgIpc) is 3.53. The molecule has 3 atom stereocenters. The molecule has 0 bridgehead atoms. The minimum Gasteiger partial charge on any atom is -0.487 e. The van der Waals surface area contributed by atoms with Gasteiger partial charge in [0.1, 0.15) is 23.7 Å². The van der Waals surface area contributed by atoms with Crippen molar-refractivity contribution < 1.29 is 33.3 Å². The third kappa shape index (κ3) is 9.27. The Morgan fingerprint density at radius 3 is 2.47 bits per heavy atom. The van der Waals surface area contributed by atoms with Crippen molar-refractivity contribution in [3.63, 3.8) is 0 Å². The molecule has 0 spiro atoms. The number of hydrogen-bond acceptors (Lipinski definition) is 9. The molecule has 2 fully saturated rings. The van der Waals surface area contributed by atoms with Gasteiger partial charge in [0, 0.05) is 39.8 Å². The van der Waals surface area contributed by atoms with Crippen LogP contribution in [0, 0.1) is 11.8 Å². The second-order valence-electron chi connectivity index (χ2n) is 14.2. The number of ether oxygens (including phenoxy) is 4. The number of piperidine rings is 1. The predicted octanol–water partition coefficient (Wildman–Crippen LogP) is 4.23. The first-order chi connectivity index (χ1) is 23.4. The van der Waals surface area contributed by atoms with Gasteiger partial charge in [0.25, 0.3) is 5.91 Å². The summed E-state index contributed by atoms with van der Waals surface area (Å²) in [5.41, 5.74) is 0.646. The lowest BCUT2D eigenvalue weighted by atomic mass is 9.91. The van der Waals surface area contributed by atoms with Crippen molar-refractivity contribution in [3.05, 3.63) is 65.7 Å². The van der Waals surface area contributed by atoms with Crippen LogP contribution in [0.15, 0.2) is 54.3 Å². The molecule has 266 valence electrons. The fourth-order valence-electron chi connectivity index (χ4n) is 6.33. The van der Waals surface area contributed by atoms with E-state index < -0.39 is 23.7 Å². The molecular formula is C36H50N6O7. The van der Waals surface area contributed by atoms with Crippen LogP contribution in [0.25, 0.3) is 5.69 Å². The molecule has 2 aromatic rings. The van der Waals surface area contributed by atoms with Gasteiger partial charge in [-0.1, -0.05) is 43.3 Å². The average molecular weight is 679 g/mol. The first kappa shape index (κ1) is 36.1. The van der Waals surface area contributed by atoms with Crippen molar-refractivity contribution in [1.29, 1.82) is 0 Å². The summed E-state index contributed by atoms with van der Waals surface area (Å²) in [5, 5.41) is 8.84. The van der Waals surface area contributed by atoms with E-state index in [1.165, 1.54) is 0 Å². The number of allylic oxidation sites excluding steroid dienone is 1. The van der Waals surface area contributed by atoms with Crippen molar-refractivity contribution in [2.45, 2.75) is 71.8 Å². The predicted molar refractivity (Wildman–Crippen MR) is 182 cm³/mol. The quantitative estimate of drug-likeness (QED) is 0.363. The molecule has 1 unspecified atom stereocenters. The molecule has 49 heavy (non-hydrogen) atoms. The van der Waals surface area contributed by atoms with Crippen LogP contribution < -0.4 is 0 Å². The van der Waals surface area contributed by atoms with Gasteiger partial charge in [-0.2, -0.15) is 0 Å². The minimum absolute atomic E-state index is 0.0257. The van der Waals surface area contributed by atoms with Crippen LogP contribution in [-0.4, -0.2) is 118 Å². The van der Waals surface area contributed by atoms with Gasteiger partial charge < -0.3 is 33.6 Å². The van der Waals surface area contributed by atoms with Crippen LogP contribution in [0.3, 0.4) is 0 Å². The Hall–Kier alpha value is -4.23. The third-order valence-corrected chi connectivity index (χ3v) is 8.66. The standard InChI is InChI=1S/C36H50N6O7/c1-25(2)21-41(28-19-26(33(43)39-15-17-47-18-16-39)22-40(23-28)35(45)49-36(3,4)5)34(44)32-31(24-48-30-14-10-13-29(20-30)46-6)42(38-37-32)27-11-8-7-9-12-27/h7-12,14,20,25-26,28-29H,13,15-19,21-24H2,1-6H3/t26-,28+,29?/m1/s1. The summed E-state index contributed by atoms with van der Waals surface area (Å²) in [6.07, 6.45) is 6.30. The number of para-hydroxylation sites is 1. The molecule has 5 rings (SSSR count). The molecular weight excluding hydrogens is 628 g/mol. The van der Waals surface area contributed by atoms with Crippen LogP contribution in [0.5, 0.6) is 0 Å². The number of morpholine rings is 1. The molecule has 3 heterocycles. The van der Waals surface area contributed by atoms with Gasteiger partial charge in [0.15, 0.2) is 5.69 Å². The Morgan fingerprint density at radius 2 is 1.80 bits per heavy atom. The van der Waals surface area contributed by atoms with Crippen molar-refractivity contribution >= 4 is 17.9 Å². The SMILES string of the molecule is COC1C=C(OCc2c(C(=O)N(CC(C)C)[C@H]3C[C@@H](C(=O)N4CCOCC4)CN(C(=O)OC(C)(C)C)C3)nnn2-c2ccccc2)C=CC1. The smallest absolute Gasteiger partial charge is 0.410 e. The molecule has 1 aliphatic carbocycles. The number of likely N-dealkylation sites (tertiary alicyclic amines) is 1. The summed E-state index contributed by atoms with van der Waals surface area (Å²) in [6, 6.07) is 8.99. The van der Waals surface area contributed by atoms with Crippen LogP contribution in [-0.2, 0) is 30.3 Å². The van der Waals surface area contributed by atoms with Crippen LogP contribution in [0.2, 0.25) is 0 Å². The van der Waals surface area contributed by atoms with Gasteiger partial charge in [0.2, 0.25) is 5.91 Å². The number of hydrogen-bond donors (Lipinski definition) is 0. The van der Waals surface area contributed by atoms with E-state index in [1.54, 1.807) is 26.5 Å². The molecule has 13 nitrogen and oxygen atoms in total. The van der Waals surface area contributed by atoms with Gasteiger partial charge in [-0.05, 0) is 63.8 Å². The highest BCUT2D eigenvalue weighted by Gasteiger charge is 2.42. The lowest BCUT2D eigenvalue weighted by molar-refractivity contribution is -0.142. The van der Waals surface area contributed by atoms with E-state index >= 15 is 0 Å². The number of amides is 3. The maximum atomic E-state index is 14.7. The number of benzene rings is 1. The van der Waals surface area contributed by atoms with Gasteiger partial charge in [-0.15, -0.1) is 5.10 Å². The molecule has 0 radical (unpaired) electrons. The van der Waals surface area contributed by atoms with E-state index in [0.717, 1.165) is 12.1 Å². The topological polar surface area (TPSA) is 129 Å². The summed E-state index contributed by atoms with van der Waals surface area (Å²) in [5.74, 6) is -0.201. The van der Waals surface area contributed by atoms with Crippen molar-refractivity contribution in [2.75, 3.05) is 53.0 Å². The third-order valence-electron chi connectivity index (χ3n) is 8.66. The minimum atomic E-state index is -0.724. The fourth-order valence-corrected chi connectivity index (χ4v) is 6.33. The molecule has 1 aromatic carbocycles. The number of methoxy groups -OCH3 is 1. The molecule has 1 aromatic heterocycles. The molecule has 2 aliphatic heterocycles. The highest BCUT2D eigenvalue weighted by molar-refractivity contribution is 5.94. The number of aromatic nitrogens is 3. The lowest BCUT2D eigenvalue weighted by Gasteiger charge is -2.44. The highest BCUT2D eigenvalue weighted by Crippen LogP contribution is 2.28. The summed E-state index contributed by atoms with van der Waals surface area (Å²) in [6.45, 7) is 12.2. The van der Waals surface area contributed by atoms with Gasteiger partial charge in [-0.25, -0.2) is 9.48 Å². The zero-order chi connectivity index (χ0) is 35.1. The first-order valence-corrected chi connectivity index (χ1v) is 17.1. The first-order valence-electron chi connectivity index (χ1n) is 17.1. The molecule has 0 N–H and O–H groups in total. The maximum absolute atomic E-state index is 14.7. The summed E-state index contributed by atoms with van der Waals surface area (Å²) >= 11 is 0.